The number of methoxy groups -OCH3 is 2. The molecule has 1 N–H and O–H groups in total. The number of fused-ring (bicyclic) bond motifs is 3. The van der Waals surface area contributed by atoms with Crippen LogP contribution >= 0.6 is 0 Å². The van der Waals surface area contributed by atoms with E-state index < -0.39 is 12.0 Å². The van der Waals surface area contributed by atoms with Gasteiger partial charge in [-0.15, -0.1) is 0 Å². The molecule has 3 aromatic rings. The Morgan fingerprint density at radius 1 is 1.09 bits per heavy atom. The van der Waals surface area contributed by atoms with Crippen LogP contribution in [0.5, 0.6) is 11.5 Å². The van der Waals surface area contributed by atoms with Gasteiger partial charge in [0.2, 0.25) is 5.95 Å². The number of nitrogens with one attached hydrogen (secondary N) is 1. The number of anilines is 1. The molecule has 2 heterocycles. The lowest BCUT2D eigenvalue weighted by Crippen LogP contribution is -2.29. The molecular formula is C26H31N3O5. The molecule has 0 amide bonds. The minimum Gasteiger partial charge on any atom is -0.493 e. The maximum Gasteiger partial charge on any atom is 0.338 e. The summed E-state index contributed by atoms with van der Waals surface area (Å²) < 4.78 is 24.2. The molecule has 0 saturated carbocycles. The van der Waals surface area contributed by atoms with Crippen LogP contribution < -0.4 is 14.8 Å². The van der Waals surface area contributed by atoms with E-state index in [9.17, 15) is 4.79 Å². The van der Waals surface area contributed by atoms with Crippen LogP contribution in [0.3, 0.4) is 0 Å². The first-order valence-corrected chi connectivity index (χ1v) is 11.5. The van der Waals surface area contributed by atoms with Gasteiger partial charge in [-0.1, -0.05) is 31.5 Å². The van der Waals surface area contributed by atoms with E-state index in [1.807, 2.05) is 54.0 Å². The van der Waals surface area contributed by atoms with E-state index >= 15 is 0 Å². The highest BCUT2D eigenvalue weighted by molar-refractivity contribution is 5.94. The quantitative estimate of drug-likeness (QED) is 0.343. The molecule has 0 radical (unpaired) electrons. The number of carbonyl (C=O) groups is 1. The molecule has 0 spiro atoms. The van der Waals surface area contributed by atoms with Gasteiger partial charge in [-0.3, -0.25) is 4.57 Å². The minimum atomic E-state index is -0.461. The number of hydrogen-bond donors (Lipinski definition) is 1. The molecule has 1 aliphatic heterocycles. The molecule has 1 aliphatic rings. The number of rotatable bonds is 10. The van der Waals surface area contributed by atoms with Crippen LogP contribution in [0.25, 0.3) is 11.0 Å². The lowest BCUT2D eigenvalue weighted by molar-refractivity contribution is -0.140. The molecule has 0 bridgehead atoms. The predicted octanol–water partition coefficient (Wildman–Crippen LogP) is 4.70. The second-order valence-electron chi connectivity index (χ2n) is 8.10. The fourth-order valence-corrected chi connectivity index (χ4v) is 4.14. The van der Waals surface area contributed by atoms with Gasteiger partial charge >= 0.3 is 5.97 Å². The van der Waals surface area contributed by atoms with Crippen molar-refractivity contribution in [3.05, 3.63) is 59.3 Å². The molecule has 2 aromatic carbocycles. The van der Waals surface area contributed by atoms with Crippen LogP contribution in [0.1, 0.15) is 38.3 Å². The summed E-state index contributed by atoms with van der Waals surface area (Å²) in [5.41, 5.74) is 3.81. The summed E-state index contributed by atoms with van der Waals surface area (Å²) in [6.07, 6.45) is 2.01. The van der Waals surface area contributed by atoms with Crippen molar-refractivity contribution in [2.75, 3.05) is 39.4 Å². The molecule has 0 fully saturated rings. The van der Waals surface area contributed by atoms with E-state index in [4.69, 9.17) is 23.9 Å². The first-order valence-electron chi connectivity index (χ1n) is 11.5. The van der Waals surface area contributed by atoms with Gasteiger partial charge in [0, 0.05) is 12.8 Å². The third-order valence-corrected chi connectivity index (χ3v) is 5.83. The van der Waals surface area contributed by atoms with Gasteiger partial charge in [0.05, 0.1) is 43.0 Å². The Bertz CT molecular complexity index is 1200. The average Bonchev–Trinajstić information content (AvgIpc) is 3.21. The van der Waals surface area contributed by atoms with Crippen molar-refractivity contribution in [3.63, 3.8) is 0 Å². The molecular weight excluding hydrogens is 434 g/mol. The number of carbonyl (C=O) groups excluding carboxylic acids is 1. The van der Waals surface area contributed by atoms with Crippen molar-refractivity contribution >= 4 is 23.0 Å². The summed E-state index contributed by atoms with van der Waals surface area (Å²) >= 11 is 0. The van der Waals surface area contributed by atoms with Gasteiger partial charge in [-0.2, -0.15) is 0 Å². The molecule has 8 nitrogen and oxygen atoms in total. The summed E-state index contributed by atoms with van der Waals surface area (Å²) in [6, 6.07) is 13.2. The molecule has 180 valence electrons. The van der Waals surface area contributed by atoms with Crippen molar-refractivity contribution in [1.29, 1.82) is 0 Å². The molecule has 4 rings (SSSR count). The number of nitrogens with zero attached hydrogens (tertiary/aromatic N) is 2. The monoisotopic (exact) mass is 465 g/mol. The lowest BCUT2D eigenvalue weighted by atomic mass is 9.94. The highest BCUT2D eigenvalue weighted by atomic mass is 16.6. The zero-order chi connectivity index (χ0) is 24.1. The largest absolute Gasteiger partial charge is 0.493 e. The number of aromatic nitrogens is 2. The minimum absolute atomic E-state index is 0.171. The van der Waals surface area contributed by atoms with E-state index in [-0.39, 0.29) is 6.61 Å². The van der Waals surface area contributed by atoms with Crippen molar-refractivity contribution < 1.29 is 23.7 Å². The molecule has 0 unspecified atom stereocenters. The summed E-state index contributed by atoms with van der Waals surface area (Å²) in [5, 5.41) is 3.29. The number of allylic oxidation sites excluding steroid dienone is 1. The highest BCUT2D eigenvalue weighted by Gasteiger charge is 2.35. The topological polar surface area (TPSA) is 83.8 Å². The smallest absolute Gasteiger partial charge is 0.338 e. The molecule has 1 aromatic heterocycles. The van der Waals surface area contributed by atoms with Gasteiger partial charge in [-0.05, 0) is 43.2 Å². The number of unbranched alkanes of at least 4 members (excludes halogenated alkanes) is 1. The second kappa shape index (κ2) is 10.6. The van der Waals surface area contributed by atoms with Gasteiger partial charge < -0.3 is 24.3 Å². The summed E-state index contributed by atoms with van der Waals surface area (Å²) in [7, 11) is 3.19. The van der Waals surface area contributed by atoms with E-state index in [1.165, 1.54) is 0 Å². The Hall–Kier alpha value is -3.52. The lowest BCUT2D eigenvalue weighted by Gasteiger charge is -2.30. The van der Waals surface area contributed by atoms with Gasteiger partial charge in [0.25, 0.3) is 0 Å². The van der Waals surface area contributed by atoms with Crippen LogP contribution in [0.15, 0.2) is 53.7 Å². The van der Waals surface area contributed by atoms with Gasteiger partial charge in [0.15, 0.2) is 11.5 Å². The third kappa shape index (κ3) is 4.59. The van der Waals surface area contributed by atoms with Crippen molar-refractivity contribution in [2.45, 2.75) is 32.7 Å². The number of esters is 1. The molecule has 8 heteroatoms. The van der Waals surface area contributed by atoms with Crippen LogP contribution in [-0.4, -0.2) is 49.6 Å². The summed E-state index contributed by atoms with van der Waals surface area (Å²) in [4.78, 5) is 18.0. The van der Waals surface area contributed by atoms with Gasteiger partial charge in [0.1, 0.15) is 6.61 Å². The average molecular weight is 466 g/mol. The Morgan fingerprint density at radius 3 is 2.68 bits per heavy atom. The fourth-order valence-electron chi connectivity index (χ4n) is 4.14. The second-order valence-corrected chi connectivity index (χ2v) is 8.10. The van der Waals surface area contributed by atoms with Gasteiger partial charge in [-0.25, -0.2) is 9.78 Å². The number of para-hydroxylation sites is 2. The molecule has 34 heavy (non-hydrogen) atoms. The standard InChI is InChI=1S/C26H31N3O5/c1-5-6-13-33-21-12-11-18(16-22(21)32-4)24-23(25(30)34-15-14-31-3)17(2)27-26-28-19-9-7-8-10-20(19)29(24)26/h7-12,16,24H,5-6,13-15H2,1-4H3,(H,27,28)/t24-/m1/s1. The first-order chi connectivity index (χ1) is 16.6. The summed E-state index contributed by atoms with van der Waals surface area (Å²) in [5.74, 6) is 1.55. The van der Waals surface area contributed by atoms with Crippen LogP contribution in [0.2, 0.25) is 0 Å². The molecule has 0 saturated heterocycles. The number of hydrogen-bond acceptors (Lipinski definition) is 7. The first kappa shape index (κ1) is 23.6. The number of imidazole rings is 1. The predicted molar refractivity (Wildman–Crippen MR) is 130 cm³/mol. The Balaban J connectivity index is 1.81. The van der Waals surface area contributed by atoms with E-state index in [2.05, 4.69) is 12.2 Å². The van der Waals surface area contributed by atoms with Crippen molar-refractivity contribution in [3.8, 4) is 11.5 Å². The normalized spacial score (nSPS) is 15.1. The van der Waals surface area contributed by atoms with Crippen molar-refractivity contribution in [2.24, 2.45) is 0 Å². The summed E-state index contributed by atoms with van der Waals surface area (Å²) in [6.45, 7) is 5.10. The maximum atomic E-state index is 13.3. The van der Waals surface area contributed by atoms with E-state index in [0.717, 1.165) is 29.4 Å². The van der Waals surface area contributed by atoms with E-state index in [0.29, 0.717) is 41.9 Å². The van der Waals surface area contributed by atoms with Crippen LogP contribution in [0.4, 0.5) is 5.95 Å². The zero-order valence-electron chi connectivity index (χ0n) is 20.1. The Kier molecular flexibility index (Phi) is 7.37. The Morgan fingerprint density at radius 2 is 1.91 bits per heavy atom. The molecule has 0 aliphatic carbocycles. The highest BCUT2D eigenvalue weighted by Crippen LogP contribution is 2.41. The zero-order valence-corrected chi connectivity index (χ0v) is 20.1. The van der Waals surface area contributed by atoms with E-state index in [1.54, 1.807) is 14.2 Å². The SMILES string of the molecule is CCCCOc1ccc([C@@H]2C(C(=O)OCCOC)=C(C)Nc3nc4ccccc4n32)cc1OC. The van der Waals surface area contributed by atoms with Crippen LogP contribution in [0, 0.1) is 0 Å². The third-order valence-electron chi connectivity index (χ3n) is 5.83. The number of benzene rings is 2. The molecule has 1 atom stereocenters. The fraction of sp³-hybridized carbons (Fsp3) is 0.385. The van der Waals surface area contributed by atoms with Crippen molar-refractivity contribution in [1.82, 2.24) is 9.55 Å². The number of ether oxygens (including phenoxy) is 4. The Labute approximate surface area is 199 Å². The van der Waals surface area contributed by atoms with Crippen LogP contribution in [-0.2, 0) is 14.3 Å². The maximum absolute atomic E-state index is 13.3.